The Hall–Kier alpha value is -3.91. The fraction of sp³-hybridized carbons (Fsp3) is 0.256. The fourth-order valence-corrected chi connectivity index (χ4v) is 6.74. The van der Waals surface area contributed by atoms with Gasteiger partial charge in [-0.25, -0.2) is 0 Å². The summed E-state index contributed by atoms with van der Waals surface area (Å²) in [6.07, 6.45) is 1.97. The van der Waals surface area contributed by atoms with E-state index >= 15 is 0 Å². The Balaban J connectivity index is 0.000000163. The molecular weight excluding hydrogens is 737 g/mol. The van der Waals surface area contributed by atoms with Gasteiger partial charge in [-0.15, -0.1) is 64.5 Å². The molecule has 0 unspecified atom stereocenters. The molecule has 2 heterocycles. The molecule has 2 nitrogen and oxygen atoms in total. The Morgan fingerprint density at radius 2 is 1.39 bits per heavy atom. The molecule has 46 heavy (non-hydrogen) atoms. The van der Waals surface area contributed by atoms with Crippen molar-refractivity contribution in [2.75, 3.05) is 0 Å². The Morgan fingerprint density at radius 3 is 2.07 bits per heavy atom. The smallest absolute Gasteiger partial charge is 0.0595 e. The monoisotopic (exact) mass is 777 g/mol. The molecule has 233 valence electrons. The van der Waals surface area contributed by atoms with E-state index in [1.54, 1.807) is 0 Å². The summed E-state index contributed by atoms with van der Waals surface area (Å²) in [4.78, 5) is 9.61. The minimum atomic E-state index is 0. The summed E-state index contributed by atoms with van der Waals surface area (Å²) in [6, 6.07) is 39.1. The standard InChI is InChI=1S/C24H16N.C19H24N.Ir/c1-24(2)18-10-5-8-15-17-13-14-7-3-4-12-20(14)25-23(17)16-9-6-11-19(24)22(16)21(15)18;1-18(2,3)15-9-7-14(8-10-15)17-12-11-16(13-20-17)19(4,5)6;/h3-8,10-13H,1-2H3;7,9-13H,1-6H3;/q2*-1;. The number of rotatable bonds is 1. The van der Waals surface area contributed by atoms with E-state index in [0.29, 0.717) is 0 Å². The average Bonchev–Trinajstić information content (AvgIpc) is 3.26. The van der Waals surface area contributed by atoms with E-state index < -0.39 is 0 Å². The zero-order valence-corrected chi connectivity index (χ0v) is 30.4. The van der Waals surface area contributed by atoms with E-state index in [1.165, 1.54) is 49.2 Å². The zero-order chi connectivity index (χ0) is 31.7. The van der Waals surface area contributed by atoms with Crippen LogP contribution < -0.4 is 0 Å². The van der Waals surface area contributed by atoms with Crippen molar-refractivity contribution in [2.45, 2.75) is 71.6 Å². The molecule has 1 radical (unpaired) electrons. The van der Waals surface area contributed by atoms with Crippen LogP contribution in [0.2, 0.25) is 0 Å². The van der Waals surface area contributed by atoms with Crippen molar-refractivity contribution in [3.63, 3.8) is 0 Å². The molecule has 3 heteroatoms. The summed E-state index contributed by atoms with van der Waals surface area (Å²) in [5.41, 5.74) is 9.85. The summed E-state index contributed by atoms with van der Waals surface area (Å²) in [6.45, 7) is 17.9. The second-order valence-electron chi connectivity index (χ2n) is 15.0. The number of para-hydroxylation sites is 1. The number of pyridine rings is 2. The van der Waals surface area contributed by atoms with Gasteiger partial charge < -0.3 is 4.98 Å². The van der Waals surface area contributed by atoms with Crippen LogP contribution in [0.5, 0.6) is 0 Å². The van der Waals surface area contributed by atoms with Crippen LogP contribution in [0.1, 0.15) is 77.6 Å². The maximum atomic E-state index is 5.04. The summed E-state index contributed by atoms with van der Waals surface area (Å²) < 4.78 is 0. The first-order valence-corrected chi connectivity index (χ1v) is 15.9. The maximum absolute atomic E-state index is 5.04. The van der Waals surface area contributed by atoms with Gasteiger partial charge in [0.2, 0.25) is 0 Å². The maximum Gasteiger partial charge on any atom is 0.0595 e. The van der Waals surface area contributed by atoms with Crippen LogP contribution in [-0.2, 0) is 36.4 Å². The second-order valence-corrected chi connectivity index (χ2v) is 15.0. The zero-order valence-electron chi connectivity index (χ0n) is 28.0. The summed E-state index contributed by atoms with van der Waals surface area (Å²) in [7, 11) is 0. The van der Waals surface area contributed by atoms with E-state index in [2.05, 4.69) is 164 Å². The molecule has 7 aromatic rings. The minimum Gasteiger partial charge on any atom is -0.304 e. The first-order chi connectivity index (χ1) is 21.3. The number of nitrogens with zero attached hydrogens (tertiary/aromatic N) is 2. The molecule has 8 rings (SSSR count). The molecule has 0 aliphatic heterocycles. The quantitative estimate of drug-likeness (QED) is 0.0943. The van der Waals surface area contributed by atoms with Crippen molar-refractivity contribution in [1.82, 2.24) is 9.97 Å². The summed E-state index contributed by atoms with van der Waals surface area (Å²) in [5.74, 6) is 0. The van der Waals surface area contributed by atoms with Crippen LogP contribution in [0.4, 0.5) is 0 Å². The molecule has 0 fully saturated rings. The number of hydrogen-bond acceptors (Lipinski definition) is 2. The Morgan fingerprint density at radius 1 is 0.674 bits per heavy atom. The van der Waals surface area contributed by atoms with Gasteiger partial charge in [-0.2, -0.15) is 0 Å². The molecule has 1 aliphatic rings. The van der Waals surface area contributed by atoms with Gasteiger partial charge in [0.05, 0.1) is 5.52 Å². The Bertz CT molecular complexity index is 2070. The number of fused-ring (bicyclic) bond motifs is 4. The van der Waals surface area contributed by atoms with Crippen LogP contribution >= 0.6 is 0 Å². The molecule has 0 saturated carbocycles. The predicted molar refractivity (Wildman–Crippen MR) is 191 cm³/mol. The topological polar surface area (TPSA) is 25.8 Å². The van der Waals surface area contributed by atoms with Gasteiger partial charge in [0.25, 0.3) is 0 Å². The van der Waals surface area contributed by atoms with Gasteiger partial charge in [-0.3, -0.25) is 4.98 Å². The van der Waals surface area contributed by atoms with E-state index in [1.807, 2.05) is 6.20 Å². The molecule has 0 bridgehead atoms. The van der Waals surface area contributed by atoms with Crippen molar-refractivity contribution in [3.8, 4) is 11.3 Å². The molecule has 0 spiro atoms. The Kier molecular flexibility index (Phi) is 7.95. The third-order valence-corrected chi connectivity index (χ3v) is 9.49. The SMILES string of the molecule is CC(C)(C)c1c[c-]c(-c2ccc(C(C)(C)C)cn2)cc1.CC1(C)c2cc[c-]c3c4nc5ccccc5cc4c4cccc1c4c23.[Ir]. The van der Waals surface area contributed by atoms with Crippen molar-refractivity contribution in [1.29, 1.82) is 0 Å². The van der Waals surface area contributed by atoms with Gasteiger partial charge in [-0.1, -0.05) is 115 Å². The molecule has 0 saturated heterocycles. The van der Waals surface area contributed by atoms with Crippen LogP contribution in [0.3, 0.4) is 0 Å². The van der Waals surface area contributed by atoms with Crippen molar-refractivity contribution >= 4 is 43.4 Å². The summed E-state index contributed by atoms with van der Waals surface area (Å²) >= 11 is 0. The molecule has 0 atom stereocenters. The van der Waals surface area contributed by atoms with Gasteiger partial charge in [-0.05, 0) is 66.2 Å². The van der Waals surface area contributed by atoms with Crippen molar-refractivity contribution in [2.24, 2.45) is 0 Å². The molecule has 0 amide bonds. The Labute approximate surface area is 286 Å². The first kappa shape index (κ1) is 32.0. The van der Waals surface area contributed by atoms with Crippen LogP contribution in [-0.4, -0.2) is 9.97 Å². The first-order valence-electron chi connectivity index (χ1n) is 15.9. The van der Waals surface area contributed by atoms with Crippen LogP contribution in [0, 0.1) is 12.1 Å². The average molecular weight is 777 g/mol. The van der Waals surface area contributed by atoms with Gasteiger partial charge >= 0.3 is 0 Å². The van der Waals surface area contributed by atoms with Crippen molar-refractivity contribution < 1.29 is 20.1 Å². The van der Waals surface area contributed by atoms with E-state index in [-0.39, 0.29) is 36.4 Å². The van der Waals surface area contributed by atoms with Crippen molar-refractivity contribution in [3.05, 3.63) is 132 Å². The number of hydrogen-bond donors (Lipinski definition) is 0. The third-order valence-electron chi connectivity index (χ3n) is 9.49. The summed E-state index contributed by atoms with van der Waals surface area (Å²) in [5, 5.41) is 7.62. The molecule has 1 aliphatic carbocycles. The van der Waals surface area contributed by atoms with Gasteiger partial charge in [0.15, 0.2) is 0 Å². The van der Waals surface area contributed by atoms with Crippen LogP contribution in [0.25, 0.3) is 54.6 Å². The molecule has 5 aromatic carbocycles. The largest absolute Gasteiger partial charge is 0.304 e. The van der Waals surface area contributed by atoms with E-state index in [0.717, 1.165) is 27.7 Å². The molecule has 0 N–H and O–H groups in total. The predicted octanol–water partition coefficient (Wildman–Crippen LogP) is 11.3. The minimum absolute atomic E-state index is 0. The van der Waals surface area contributed by atoms with Gasteiger partial charge in [0, 0.05) is 26.3 Å². The van der Waals surface area contributed by atoms with E-state index in [9.17, 15) is 0 Å². The normalized spacial score (nSPS) is 13.7. The van der Waals surface area contributed by atoms with Gasteiger partial charge in [0.1, 0.15) is 0 Å². The van der Waals surface area contributed by atoms with Crippen LogP contribution in [0.15, 0.2) is 97.2 Å². The third kappa shape index (κ3) is 5.34. The molecule has 2 aromatic heterocycles. The van der Waals surface area contributed by atoms with E-state index in [4.69, 9.17) is 4.98 Å². The second kappa shape index (κ2) is 11.4. The number of benzene rings is 5. The number of aromatic nitrogens is 2. The fourth-order valence-electron chi connectivity index (χ4n) is 6.74. The molecular formula is C43H40IrN2-2.